The minimum Gasteiger partial charge on any atom is -0.497 e. The number of amides is 1. The van der Waals surface area contributed by atoms with E-state index in [0.717, 1.165) is 43.5 Å². The minimum atomic E-state index is 0.0702. The maximum atomic E-state index is 12.8. The predicted molar refractivity (Wildman–Crippen MR) is 114 cm³/mol. The second-order valence-corrected chi connectivity index (χ2v) is 9.02. The van der Waals surface area contributed by atoms with E-state index in [1.807, 2.05) is 24.3 Å². The molecular weight excluding hydrogens is 366 g/mol. The maximum Gasteiger partial charge on any atom is 0.228 e. The molecule has 4 rings (SSSR count). The molecule has 0 spiro atoms. The smallest absolute Gasteiger partial charge is 0.228 e. The van der Waals surface area contributed by atoms with Crippen molar-refractivity contribution in [1.82, 2.24) is 9.80 Å². The fraction of sp³-hybridized carbons (Fsp3) is 0.696. The zero-order valence-corrected chi connectivity index (χ0v) is 17.8. The Bertz CT molecular complexity index is 666. The predicted octanol–water partition coefficient (Wildman–Crippen LogP) is 2.70. The van der Waals surface area contributed by atoms with E-state index in [1.54, 1.807) is 7.11 Å². The lowest BCUT2D eigenvalue weighted by molar-refractivity contribution is -0.119. The number of anilines is 1. The number of hydrogen-bond donors (Lipinski definition) is 1. The zero-order chi connectivity index (χ0) is 20.2. The normalized spacial score (nSPS) is 29.2. The average molecular weight is 402 g/mol. The van der Waals surface area contributed by atoms with Crippen molar-refractivity contribution in [2.24, 2.45) is 17.8 Å². The highest BCUT2D eigenvalue weighted by atomic mass is 16.5. The molecule has 3 heterocycles. The van der Waals surface area contributed by atoms with Crippen molar-refractivity contribution in [3.63, 3.8) is 0 Å². The Hall–Kier alpha value is -1.63. The summed E-state index contributed by atoms with van der Waals surface area (Å²) >= 11 is 0. The first kappa shape index (κ1) is 20.6. The van der Waals surface area contributed by atoms with E-state index in [0.29, 0.717) is 12.0 Å². The van der Waals surface area contributed by atoms with Crippen LogP contribution in [0.15, 0.2) is 24.3 Å². The molecule has 6 nitrogen and oxygen atoms in total. The minimum absolute atomic E-state index is 0.0702. The number of methoxy groups -OCH3 is 1. The zero-order valence-electron chi connectivity index (χ0n) is 17.8. The van der Waals surface area contributed by atoms with Crippen LogP contribution in [-0.2, 0) is 9.53 Å². The molecule has 3 fully saturated rings. The van der Waals surface area contributed by atoms with E-state index in [9.17, 15) is 4.79 Å². The summed E-state index contributed by atoms with van der Waals surface area (Å²) in [5, 5.41) is 3.09. The molecule has 0 aliphatic carbocycles. The fourth-order valence-corrected chi connectivity index (χ4v) is 5.30. The molecule has 0 bridgehead atoms. The van der Waals surface area contributed by atoms with Gasteiger partial charge in [0.1, 0.15) is 5.75 Å². The van der Waals surface area contributed by atoms with Gasteiger partial charge < -0.3 is 24.6 Å². The Morgan fingerprint density at radius 2 is 1.97 bits per heavy atom. The molecule has 0 radical (unpaired) electrons. The van der Waals surface area contributed by atoms with Crippen molar-refractivity contribution < 1.29 is 14.3 Å². The number of carbonyl (C=O) groups is 1. The van der Waals surface area contributed by atoms with Crippen LogP contribution in [0.3, 0.4) is 0 Å². The molecule has 6 heteroatoms. The second kappa shape index (κ2) is 9.45. The van der Waals surface area contributed by atoms with Gasteiger partial charge in [-0.15, -0.1) is 0 Å². The fourth-order valence-electron chi connectivity index (χ4n) is 5.30. The number of benzene rings is 1. The Morgan fingerprint density at radius 1 is 1.21 bits per heavy atom. The van der Waals surface area contributed by atoms with Gasteiger partial charge in [0.05, 0.1) is 19.6 Å². The van der Waals surface area contributed by atoms with Gasteiger partial charge in [-0.25, -0.2) is 0 Å². The molecule has 29 heavy (non-hydrogen) atoms. The van der Waals surface area contributed by atoms with Gasteiger partial charge in [-0.3, -0.25) is 4.79 Å². The maximum absolute atomic E-state index is 12.8. The van der Waals surface area contributed by atoms with Crippen molar-refractivity contribution in [3.8, 4) is 5.75 Å². The third-order valence-electron chi connectivity index (χ3n) is 7.05. The van der Waals surface area contributed by atoms with E-state index in [4.69, 9.17) is 9.47 Å². The van der Waals surface area contributed by atoms with Crippen LogP contribution in [0.25, 0.3) is 0 Å². The highest BCUT2D eigenvalue weighted by Crippen LogP contribution is 2.34. The molecule has 1 N–H and O–H groups in total. The molecule has 3 aliphatic rings. The summed E-state index contributed by atoms with van der Waals surface area (Å²) in [5.41, 5.74) is 0.839. The van der Waals surface area contributed by atoms with E-state index in [-0.39, 0.29) is 11.8 Å². The Kier molecular flexibility index (Phi) is 6.73. The molecule has 160 valence electrons. The Balaban J connectivity index is 1.25. The van der Waals surface area contributed by atoms with Gasteiger partial charge >= 0.3 is 0 Å². The molecular formula is C23H35N3O3. The van der Waals surface area contributed by atoms with Gasteiger partial charge in [-0.2, -0.15) is 0 Å². The van der Waals surface area contributed by atoms with Gasteiger partial charge in [0, 0.05) is 31.4 Å². The summed E-state index contributed by atoms with van der Waals surface area (Å²) in [4.78, 5) is 17.8. The van der Waals surface area contributed by atoms with Crippen molar-refractivity contribution in [2.75, 3.05) is 58.9 Å². The standard InChI is InChI=1S/C23H35N3O3/c1-25-15-19(23(27)24-20-3-5-21(28-2)6-4-20)13-22(25)18-7-10-26(11-8-18)14-17-9-12-29-16-17/h3-6,17-19,22H,7-16H2,1-2H3,(H,24,27)/t17-,19-,22-/m1/s1. The lowest BCUT2D eigenvalue weighted by atomic mass is 9.86. The monoisotopic (exact) mass is 401 g/mol. The lowest BCUT2D eigenvalue weighted by Gasteiger charge is -2.37. The Morgan fingerprint density at radius 3 is 2.62 bits per heavy atom. The van der Waals surface area contributed by atoms with Crippen LogP contribution < -0.4 is 10.1 Å². The van der Waals surface area contributed by atoms with Crippen molar-refractivity contribution >= 4 is 11.6 Å². The number of carbonyl (C=O) groups excluding carboxylic acids is 1. The summed E-state index contributed by atoms with van der Waals surface area (Å²) in [7, 11) is 3.84. The molecule has 0 saturated carbocycles. The number of rotatable bonds is 6. The van der Waals surface area contributed by atoms with Crippen LogP contribution in [0.5, 0.6) is 5.75 Å². The SMILES string of the molecule is COc1ccc(NC(=O)[C@@H]2C[C@H](C3CCN(C[C@H]4CCOC4)CC3)N(C)C2)cc1. The summed E-state index contributed by atoms with van der Waals surface area (Å²) in [5.74, 6) is 2.45. The molecule has 0 unspecified atom stereocenters. The van der Waals surface area contributed by atoms with Crippen LogP contribution in [0.2, 0.25) is 0 Å². The third-order valence-corrected chi connectivity index (χ3v) is 7.05. The van der Waals surface area contributed by atoms with Gasteiger partial charge in [0.2, 0.25) is 5.91 Å². The summed E-state index contributed by atoms with van der Waals surface area (Å²) in [6, 6.07) is 8.09. The first-order valence-electron chi connectivity index (χ1n) is 11.1. The van der Waals surface area contributed by atoms with E-state index < -0.39 is 0 Å². The number of nitrogens with zero attached hydrogens (tertiary/aromatic N) is 2. The van der Waals surface area contributed by atoms with E-state index in [2.05, 4.69) is 22.2 Å². The van der Waals surface area contributed by atoms with Gasteiger partial charge in [-0.1, -0.05) is 0 Å². The molecule has 1 amide bonds. The molecule has 1 aromatic rings. The molecule has 1 aromatic carbocycles. The summed E-state index contributed by atoms with van der Waals surface area (Å²) in [6.07, 6.45) is 4.68. The van der Waals surface area contributed by atoms with Gasteiger partial charge in [0.25, 0.3) is 0 Å². The van der Waals surface area contributed by atoms with Crippen LogP contribution in [0.1, 0.15) is 25.7 Å². The van der Waals surface area contributed by atoms with Crippen LogP contribution in [0.4, 0.5) is 5.69 Å². The Labute approximate surface area is 174 Å². The number of hydrogen-bond acceptors (Lipinski definition) is 5. The van der Waals surface area contributed by atoms with Crippen LogP contribution in [0, 0.1) is 17.8 Å². The average Bonchev–Trinajstić information content (AvgIpc) is 3.39. The van der Waals surface area contributed by atoms with Crippen molar-refractivity contribution in [1.29, 1.82) is 0 Å². The quantitative estimate of drug-likeness (QED) is 0.794. The first-order chi connectivity index (χ1) is 14.1. The van der Waals surface area contributed by atoms with Gasteiger partial charge in [0.15, 0.2) is 0 Å². The molecule has 3 saturated heterocycles. The van der Waals surface area contributed by atoms with Gasteiger partial charge in [-0.05, 0) is 81.9 Å². The van der Waals surface area contributed by atoms with Crippen molar-refractivity contribution in [3.05, 3.63) is 24.3 Å². The van der Waals surface area contributed by atoms with E-state index in [1.165, 1.54) is 38.9 Å². The molecule has 0 aromatic heterocycles. The molecule has 3 aliphatic heterocycles. The number of nitrogens with one attached hydrogen (secondary N) is 1. The van der Waals surface area contributed by atoms with Crippen molar-refractivity contribution in [2.45, 2.75) is 31.7 Å². The topological polar surface area (TPSA) is 54.0 Å². The highest BCUT2D eigenvalue weighted by Gasteiger charge is 2.39. The van der Waals surface area contributed by atoms with Crippen LogP contribution >= 0.6 is 0 Å². The molecule has 3 atom stereocenters. The van der Waals surface area contributed by atoms with Crippen LogP contribution in [-0.4, -0.2) is 75.3 Å². The first-order valence-corrected chi connectivity index (χ1v) is 11.1. The second-order valence-electron chi connectivity index (χ2n) is 9.02. The number of piperidine rings is 1. The number of likely N-dealkylation sites (tertiary alicyclic amines) is 2. The lowest BCUT2D eigenvalue weighted by Crippen LogP contribution is -2.43. The number of ether oxygens (including phenoxy) is 2. The summed E-state index contributed by atoms with van der Waals surface area (Å²) in [6.45, 7) is 6.30. The highest BCUT2D eigenvalue weighted by molar-refractivity contribution is 5.93. The summed E-state index contributed by atoms with van der Waals surface area (Å²) < 4.78 is 10.7. The largest absolute Gasteiger partial charge is 0.497 e. The van der Waals surface area contributed by atoms with E-state index >= 15 is 0 Å². The third kappa shape index (κ3) is 5.11.